The van der Waals surface area contributed by atoms with E-state index in [9.17, 15) is 4.79 Å². The summed E-state index contributed by atoms with van der Waals surface area (Å²) in [5, 5.41) is 0. The van der Waals surface area contributed by atoms with E-state index in [0.717, 1.165) is 19.1 Å². The van der Waals surface area contributed by atoms with Crippen LogP contribution < -0.4 is 0 Å². The van der Waals surface area contributed by atoms with Crippen molar-refractivity contribution in [3.05, 3.63) is 0 Å². The van der Waals surface area contributed by atoms with Gasteiger partial charge in [-0.15, -0.1) is 0 Å². The monoisotopic (exact) mass is 172 g/mol. The largest absolute Gasteiger partial charge is 0.344 e. The van der Waals surface area contributed by atoms with Crippen molar-refractivity contribution in [2.75, 3.05) is 0 Å². The van der Waals surface area contributed by atoms with Gasteiger partial charge in [0.2, 0.25) is 0 Å². The van der Waals surface area contributed by atoms with Crippen LogP contribution >= 0.6 is 0 Å². The van der Waals surface area contributed by atoms with Crippen LogP contribution in [-0.4, -0.2) is 24.3 Å². The van der Waals surface area contributed by atoms with E-state index in [1.807, 2.05) is 13.8 Å². The van der Waals surface area contributed by atoms with E-state index in [0.29, 0.717) is 0 Å². The molecule has 0 bridgehead atoms. The maximum Gasteiger partial charge on any atom is 0.164 e. The lowest BCUT2D eigenvalue weighted by Crippen LogP contribution is -2.23. The molecule has 3 heteroatoms. The van der Waals surface area contributed by atoms with Gasteiger partial charge >= 0.3 is 0 Å². The summed E-state index contributed by atoms with van der Waals surface area (Å²) in [7, 11) is 0. The Labute approximate surface area is 73.0 Å². The lowest BCUT2D eigenvalue weighted by atomic mass is 10.1. The van der Waals surface area contributed by atoms with Gasteiger partial charge < -0.3 is 14.3 Å². The average molecular weight is 172 g/mol. The summed E-state index contributed by atoms with van der Waals surface area (Å²) in [4.78, 5) is 10.6. The van der Waals surface area contributed by atoms with Crippen molar-refractivity contribution in [1.82, 2.24) is 0 Å². The van der Waals surface area contributed by atoms with E-state index in [1.165, 1.54) is 0 Å². The zero-order chi connectivity index (χ0) is 9.19. The third-order valence-corrected chi connectivity index (χ3v) is 1.93. The lowest BCUT2D eigenvalue weighted by Gasteiger charge is -2.16. The maximum absolute atomic E-state index is 10.6. The van der Waals surface area contributed by atoms with Crippen LogP contribution in [0.1, 0.15) is 33.6 Å². The minimum atomic E-state index is -0.592. The second kappa shape index (κ2) is 3.54. The Balaban J connectivity index is 2.56. The van der Waals surface area contributed by atoms with Crippen LogP contribution in [-0.2, 0) is 14.3 Å². The summed E-state index contributed by atoms with van der Waals surface area (Å²) < 4.78 is 10.9. The molecule has 0 saturated carbocycles. The van der Waals surface area contributed by atoms with Gasteiger partial charge in [-0.3, -0.25) is 0 Å². The number of carbonyl (C=O) groups is 1. The molecule has 1 heterocycles. The first kappa shape index (κ1) is 9.68. The summed E-state index contributed by atoms with van der Waals surface area (Å²) in [5.74, 6) is -0.592. The number of ether oxygens (including phenoxy) is 2. The van der Waals surface area contributed by atoms with Crippen molar-refractivity contribution in [1.29, 1.82) is 0 Å². The van der Waals surface area contributed by atoms with Crippen molar-refractivity contribution in [2.45, 2.75) is 51.6 Å². The molecule has 1 fully saturated rings. The van der Waals surface area contributed by atoms with Gasteiger partial charge in [-0.1, -0.05) is 13.3 Å². The number of rotatable bonds is 3. The standard InChI is InChI=1S/C9H16O3/c1-4-5-7-8(6-10)12-9(2,3)11-7/h6-8H,4-5H2,1-3H3/t7?,8-/m1/s1. The van der Waals surface area contributed by atoms with Crippen molar-refractivity contribution in [3.8, 4) is 0 Å². The molecule has 0 aromatic rings. The first-order chi connectivity index (χ1) is 5.59. The maximum atomic E-state index is 10.6. The second-order valence-electron chi connectivity index (χ2n) is 3.56. The quantitative estimate of drug-likeness (QED) is 0.605. The van der Waals surface area contributed by atoms with Gasteiger partial charge in [-0.2, -0.15) is 0 Å². The SMILES string of the molecule is CCCC1OC(C)(C)O[C@@H]1C=O. The third kappa shape index (κ3) is 2.05. The molecule has 12 heavy (non-hydrogen) atoms. The molecular formula is C9H16O3. The molecular weight excluding hydrogens is 156 g/mol. The number of carbonyl (C=O) groups excluding carboxylic acids is 1. The van der Waals surface area contributed by atoms with Crippen molar-refractivity contribution >= 4 is 6.29 Å². The zero-order valence-electron chi connectivity index (χ0n) is 7.87. The molecule has 0 amide bonds. The minimum Gasteiger partial charge on any atom is -0.344 e. The van der Waals surface area contributed by atoms with Crippen LogP contribution in [0.3, 0.4) is 0 Å². The molecule has 0 N–H and O–H groups in total. The van der Waals surface area contributed by atoms with Crippen LogP contribution in [0.5, 0.6) is 0 Å². The second-order valence-corrected chi connectivity index (χ2v) is 3.56. The van der Waals surface area contributed by atoms with Crippen molar-refractivity contribution in [2.24, 2.45) is 0 Å². The van der Waals surface area contributed by atoms with E-state index in [1.54, 1.807) is 0 Å². The van der Waals surface area contributed by atoms with Gasteiger partial charge in [0.15, 0.2) is 12.1 Å². The van der Waals surface area contributed by atoms with E-state index in [-0.39, 0.29) is 12.2 Å². The Morgan fingerprint density at radius 2 is 2.08 bits per heavy atom. The van der Waals surface area contributed by atoms with Gasteiger partial charge in [0.25, 0.3) is 0 Å². The molecule has 1 saturated heterocycles. The van der Waals surface area contributed by atoms with Gasteiger partial charge in [0, 0.05) is 0 Å². The molecule has 0 aliphatic carbocycles. The topological polar surface area (TPSA) is 35.5 Å². The number of hydrogen-bond donors (Lipinski definition) is 0. The first-order valence-electron chi connectivity index (χ1n) is 4.40. The van der Waals surface area contributed by atoms with Crippen LogP contribution in [0.25, 0.3) is 0 Å². The summed E-state index contributed by atoms with van der Waals surface area (Å²) in [5.41, 5.74) is 0. The molecule has 1 unspecified atom stereocenters. The fraction of sp³-hybridized carbons (Fsp3) is 0.889. The van der Waals surface area contributed by atoms with E-state index in [4.69, 9.17) is 9.47 Å². The lowest BCUT2D eigenvalue weighted by molar-refractivity contribution is -0.150. The normalized spacial score (nSPS) is 33.6. The van der Waals surface area contributed by atoms with Crippen LogP contribution in [0.4, 0.5) is 0 Å². The summed E-state index contributed by atoms with van der Waals surface area (Å²) in [6.45, 7) is 5.73. The minimum absolute atomic E-state index is 0.0532. The molecule has 1 aliphatic rings. The number of aldehydes is 1. The summed E-state index contributed by atoms with van der Waals surface area (Å²) in [6.07, 6.45) is 2.29. The van der Waals surface area contributed by atoms with Crippen LogP contribution in [0.15, 0.2) is 0 Å². The first-order valence-corrected chi connectivity index (χ1v) is 4.40. The Hall–Kier alpha value is -0.410. The molecule has 0 aromatic carbocycles. The molecule has 3 nitrogen and oxygen atoms in total. The predicted molar refractivity (Wildman–Crippen MR) is 44.8 cm³/mol. The Morgan fingerprint density at radius 3 is 2.58 bits per heavy atom. The van der Waals surface area contributed by atoms with Crippen molar-refractivity contribution in [3.63, 3.8) is 0 Å². The Bertz CT molecular complexity index is 165. The highest BCUT2D eigenvalue weighted by atomic mass is 16.8. The Kier molecular flexibility index (Phi) is 2.85. The highest BCUT2D eigenvalue weighted by Gasteiger charge is 2.40. The average Bonchev–Trinajstić information content (AvgIpc) is 2.26. The van der Waals surface area contributed by atoms with Crippen LogP contribution in [0.2, 0.25) is 0 Å². The smallest absolute Gasteiger partial charge is 0.164 e. The van der Waals surface area contributed by atoms with Gasteiger partial charge in [-0.05, 0) is 20.3 Å². The van der Waals surface area contributed by atoms with E-state index >= 15 is 0 Å². The van der Waals surface area contributed by atoms with Gasteiger partial charge in [-0.25, -0.2) is 0 Å². The molecule has 0 spiro atoms. The van der Waals surface area contributed by atoms with Gasteiger partial charge in [0.1, 0.15) is 6.10 Å². The molecule has 0 aromatic heterocycles. The highest BCUT2D eigenvalue weighted by Crippen LogP contribution is 2.29. The molecule has 1 rings (SSSR count). The fourth-order valence-electron chi connectivity index (χ4n) is 1.49. The van der Waals surface area contributed by atoms with Crippen LogP contribution in [0, 0.1) is 0 Å². The van der Waals surface area contributed by atoms with E-state index < -0.39 is 5.79 Å². The number of hydrogen-bond acceptors (Lipinski definition) is 3. The van der Waals surface area contributed by atoms with Gasteiger partial charge in [0.05, 0.1) is 6.10 Å². The molecule has 70 valence electrons. The fourth-order valence-corrected chi connectivity index (χ4v) is 1.49. The third-order valence-electron chi connectivity index (χ3n) is 1.93. The summed E-state index contributed by atoms with van der Waals surface area (Å²) in [6, 6.07) is 0. The highest BCUT2D eigenvalue weighted by molar-refractivity contribution is 5.57. The predicted octanol–water partition coefficient (Wildman–Crippen LogP) is 1.51. The summed E-state index contributed by atoms with van der Waals surface area (Å²) >= 11 is 0. The van der Waals surface area contributed by atoms with Crippen molar-refractivity contribution < 1.29 is 14.3 Å². The molecule has 1 aliphatic heterocycles. The van der Waals surface area contributed by atoms with E-state index in [2.05, 4.69) is 6.92 Å². The Morgan fingerprint density at radius 1 is 1.42 bits per heavy atom. The molecule has 2 atom stereocenters. The zero-order valence-corrected chi connectivity index (χ0v) is 7.87. The molecule has 0 radical (unpaired) electrons.